The van der Waals surface area contributed by atoms with Crippen molar-refractivity contribution in [3.05, 3.63) is 107 Å². The standard InChI is InChI=1S/C59H65F13OS4/c1-3-5-7-9-11-13-15-17-19-21-23-43-37-50(41-27-25-40(39-73)26-28-41)76-52(43)48-35-33-46(74-48)47-34-36-49(75-47)53-44(24-22-20-18-16-14-12-10-8-6-4-2)38-51(77-53)42-29-31-45(32-30-42)54(60,61)55(62,63)56(64,65)57(66,67)58(68,69)59(70,71)72/h25-39H,3-24H2,1-2H3. The number of benzene rings is 2. The summed E-state index contributed by atoms with van der Waals surface area (Å²) in [5.74, 6) is -37.4. The van der Waals surface area contributed by atoms with E-state index in [2.05, 4.69) is 32.0 Å². The zero-order valence-electron chi connectivity index (χ0n) is 43.2. The van der Waals surface area contributed by atoms with Crippen LogP contribution in [0.15, 0.2) is 84.9 Å². The first-order valence-corrected chi connectivity index (χ1v) is 29.9. The summed E-state index contributed by atoms with van der Waals surface area (Å²) in [6, 6.07) is 22.0. The van der Waals surface area contributed by atoms with Gasteiger partial charge in [0, 0.05) is 50.1 Å². The summed E-state index contributed by atoms with van der Waals surface area (Å²) in [5.41, 5.74) is 1.94. The van der Waals surface area contributed by atoms with Gasteiger partial charge in [0.2, 0.25) is 0 Å². The lowest BCUT2D eigenvalue weighted by Crippen LogP contribution is -2.69. The van der Waals surface area contributed by atoms with E-state index in [1.807, 2.05) is 42.5 Å². The summed E-state index contributed by atoms with van der Waals surface area (Å²) in [4.78, 5) is 19.0. The molecule has 6 aromatic rings. The molecule has 1 nitrogen and oxygen atoms in total. The Kier molecular flexibility index (Phi) is 22.2. The highest BCUT2D eigenvalue weighted by atomic mass is 32.1. The maximum atomic E-state index is 15.2. The Balaban J connectivity index is 1.24. The molecule has 0 bridgehead atoms. The molecule has 0 saturated carbocycles. The zero-order chi connectivity index (χ0) is 56.1. The van der Waals surface area contributed by atoms with Crippen LogP contribution in [-0.2, 0) is 18.8 Å². The van der Waals surface area contributed by atoms with Crippen molar-refractivity contribution in [2.45, 2.75) is 191 Å². The number of hydrogen-bond acceptors (Lipinski definition) is 5. The Morgan fingerprint density at radius 3 is 1.06 bits per heavy atom. The molecule has 0 N–H and O–H groups in total. The van der Waals surface area contributed by atoms with Gasteiger partial charge in [-0.3, -0.25) is 4.79 Å². The molecule has 4 aromatic heterocycles. The number of rotatable bonds is 33. The SMILES string of the molecule is CCCCCCCCCCCCc1cc(-c2ccc(C=O)cc2)sc1-c1ccc(-c2ccc(-c3sc(-c4ccc(C(F)(F)C(F)(F)C(F)(F)C(F)(F)C(F)(F)C(F)(F)F)cc4)cc3CCCCCCCCCCCC)s2)s1. The van der Waals surface area contributed by atoms with E-state index in [4.69, 9.17) is 0 Å². The molecule has 0 aliphatic carbocycles. The molecule has 4 heterocycles. The van der Waals surface area contributed by atoms with Crippen LogP contribution in [0.4, 0.5) is 57.1 Å². The van der Waals surface area contributed by atoms with Crippen LogP contribution in [-0.4, -0.2) is 36.2 Å². The third-order valence-electron chi connectivity index (χ3n) is 13.9. The van der Waals surface area contributed by atoms with Gasteiger partial charge in [-0.1, -0.05) is 178 Å². The van der Waals surface area contributed by atoms with Crippen LogP contribution in [0.5, 0.6) is 0 Å². The largest absolute Gasteiger partial charge is 0.460 e. The van der Waals surface area contributed by atoms with Gasteiger partial charge in [0.15, 0.2) is 0 Å². The van der Waals surface area contributed by atoms with Gasteiger partial charge in [-0.15, -0.1) is 45.3 Å². The summed E-state index contributed by atoms with van der Waals surface area (Å²) in [7, 11) is 0. The van der Waals surface area contributed by atoms with E-state index in [0.717, 1.165) is 110 Å². The summed E-state index contributed by atoms with van der Waals surface area (Å²) in [6.45, 7) is 4.39. The van der Waals surface area contributed by atoms with Gasteiger partial charge in [-0.05, 0) is 84.3 Å². The Labute approximate surface area is 459 Å². The average molecular weight is 1170 g/mol. The topological polar surface area (TPSA) is 17.1 Å². The number of aldehydes is 1. The molecule has 0 amide bonds. The number of carbonyl (C=O) groups is 1. The maximum absolute atomic E-state index is 15.2. The van der Waals surface area contributed by atoms with Crippen molar-refractivity contribution in [3.63, 3.8) is 0 Å². The number of unbranched alkanes of at least 4 members (excludes halogenated alkanes) is 18. The van der Waals surface area contributed by atoms with Gasteiger partial charge in [-0.25, -0.2) is 0 Å². The van der Waals surface area contributed by atoms with Crippen LogP contribution in [0.3, 0.4) is 0 Å². The fourth-order valence-electron chi connectivity index (χ4n) is 9.24. The lowest BCUT2D eigenvalue weighted by Gasteiger charge is -2.39. The molecular weight excluding hydrogens is 1100 g/mol. The van der Waals surface area contributed by atoms with Gasteiger partial charge in [-0.2, -0.15) is 57.1 Å². The molecule has 0 fully saturated rings. The molecule has 0 atom stereocenters. The molecule has 422 valence electrons. The Bertz CT molecular complexity index is 2740. The number of alkyl halides is 13. The second-order valence-electron chi connectivity index (χ2n) is 19.8. The van der Waals surface area contributed by atoms with Crippen molar-refractivity contribution in [2.75, 3.05) is 0 Å². The quantitative estimate of drug-likeness (QED) is 0.0228. The molecule has 18 heteroatoms. The predicted octanol–water partition coefficient (Wildman–Crippen LogP) is 23.2. The molecule has 2 aromatic carbocycles. The van der Waals surface area contributed by atoms with E-state index in [1.54, 1.807) is 22.7 Å². The van der Waals surface area contributed by atoms with E-state index in [-0.39, 0.29) is 17.7 Å². The highest BCUT2D eigenvalue weighted by Gasteiger charge is 2.90. The second-order valence-corrected chi connectivity index (χ2v) is 24.1. The Hall–Kier alpha value is -4.00. The highest BCUT2D eigenvalue weighted by molar-refractivity contribution is 7.29. The number of thiophene rings is 4. The Morgan fingerprint density at radius 1 is 0.364 bits per heavy atom. The van der Waals surface area contributed by atoms with Crippen LogP contribution in [0, 0.1) is 0 Å². The minimum Gasteiger partial charge on any atom is -0.298 e. The first kappa shape index (κ1) is 62.2. The second kappa shape index (κ2) is 27.4. The van der Waals surface area contributed by atoms with Crippen molar-refractivity contribution in [1.82, 2.24) is 0 Å². The fraction of sp³-hybridized carbons (Fsp3) is 0.508. The minimum atomic E-state index is -7.96. The molecule has 0 radical (unpaired) electrons. The van der Waals surface area contributed by atoms with Gasteiger partial charge >= 0.3 is 35.8 Å². The van der Waals surface area contributed by atoms with E-state index in [0.29, 0.717) is 16.9 Å². The molecule has 0 aliphatic heterocycles. The third kappa shape index (κ3) is 14.7. The Morgan fingerprint density at radius 2 is 0.701 bits per heavy atom. The molecule has 77 heavy (non-hydrogen) atoms. The lowest BCUT2D eigenvalue weighted by atomic mass is 9.90. The fourth-order valence-corrected chi connectivity index (χ4v) is 14.1. The van der Waals surface area contributed by atoms with Crippen molar-refractivity contribution in [2.24, 2.45) is 0 Å². The predicted molar refractivity (Wildman–Crippen MR) is 291 cm³/mol. The number of hydrogen-bond donors (Lipinski definition) is 0. The third-order valence-corrected chi connectivity index (χ3v) is 19.1. The monoisotopic (exact) mass is 1160 g/mol. The highest BCUT2D eigenvalue weighted by Crippen LogP contribution is 2.62. The molecule has 0 unspecified atom stereocenters. The molecule has 0 spiro atoms. The van der Waals surface area contributed by atoms with Crippen LogP contribution in [0.1, 0.15) is 169 Å². The zero-order valence-corrected chi connectivity index (χ0v) is 46.4. The van der Waals surface area contributed by atoms with Gasteiger partial charge in [0.05, 0.1) is 0 Å². The van der Waals surface area contributed by atoms with E-state index in [1.165, 1.54) is 117 Å². The minimum absolute atomic E-state index is 0.150. The van der Waals surface area contributed by atoms with Crippen molar-refractivity contribution in [1.29, 1.82) is 0 Å². The van der Waals surface area contributed by atoms with Crippen molar-refractivity contribution >= 4 is 51.6 Å². The smallest absolute Gasteiger partial charge is 0.298 e. The summed E-state index contributed by atoms with van der Waals surface area (Å²) in [6.07, 6.45) is 18.1. The maximum Gasteiger partial charge on any atom is 0.460 e. The summed E-state index contributed by atoms with van der Waals surface area (Å²) >= 11 is 6.19. The van der Waals surface area contributed by atoms with E-state index >= 15 is 8.78 Å². The van der Waals surface area contributed by atoms with Crippen molar-refractivity contribution < 1.29 is 61.9 Å². The molecular formula is C59H65F13OS4. The van der Waals surface area contributed by atoms with Crippen LogP contribution < -0.4 is 0 Å². The number of aryl methyl sites for hydroxylation is 2. The van der Waals surface area contributed by atoms with E-state index < -0.39 is 41.4 Å². The summed E-state index contributed by atoms with van der Waals surface area (Å²) < 4.78 is 182. The average Bonchev–Trinajstić information content (AvgIpc) is 4.34. The normalized spacial score (nSPS) is 13.0. The van der Waals surface area contributed by atoms with Gasteiger partial charge in [0.25, 0.3) is 0 Å². The van der Waals surface area contributed by atoms with Crippen LogP contribution >= 0.6 is 45.3 Å². The van der Waals surface area contributed by atoms with Crippen LogP contribution in [0.25, 0.3) is 50.1 Å². The molecule has 0 saturated heterocycles. The van der Waals surface area contributed by atoms with Crippen LogP contribution in [0.2, 0.25) is 0 Å². The first-order chi connectivity index (χ1) is 36.5. The van der Waals surface area contributed by atoms with Gasteiger partial charge in [0.1, 0.15) is 6.29 Å². The van der Waals surface area contributed by atoms with Gasteiger partial charge < -0.3 is 0 Å². The molecule has 0 aliphatic rings. The number of carbonyl (C=O) groups excluding carboxylic acids is 1. The van der Waals surface area contributed by atoms with E-state index in [9.17, 15) is 53.1 Å². The number of halogens is 13. The van der Waals surface area contributed by atoms with Crippen molar-refractivity contribution in [3.8, 4) is 50.1 Å². The molecule has 6 rings (SSSR count). The summed E-state index contributed by atoms with van der Waals surface area (Å²) in [5, 5.41) is 0. The first-order valence-electron chi connectivity index (χ1n) is 26.6. The lowest BCUT2D eigenvalue weighted by molar-refractivity contribution is -0.441.